The standard InChI is InChI=1S/C12H17N/c1-10-7-8-12(13-9-10)11-5-3-2-4-6-11/h2-6,10,12-13H,7-9H2,1H3/t10-,12+/m0/s1. The molecule has 1 heteroatoms. The summed E-state index contributed by atoms with van der Waals surface area (Å²) in [6.45, 7) is 3.48. The van der Waals surface area contributed by atoms with Crippen LogP contribution in [-0.4, -0.2) is 6.54 Å². The lowest BCUT2D eigenvalue weighted by atomic mass is 9.92. The first kappa shape index (κ1) is 8.76. The Morgan fingerprint density at radius 1 is 1.15 bits per heavy atom. The van der Waals surface area contributed by atoms with E-state index in [0.717, 1.165) is 5.92 Å². The van der Waals surface area contributed by atoms with Crippen LogP contribution < -0.4 is 5.32 Å². The lowest BCUT2D eigenvalue weighted by Crippen LogP contribution is -2.31. The average molecular weight is 175 g/mol. The highest BCUT2D eigenvalue weighted by Crippen LogP contribution is 2.24. The van der Waals surface area contributed by atoms with E-state index < -0.39 is 0 Å². The van der Waals surface area contributed by atoms with Crippen LogP contribution in [0.5, 0.6) is 0 Å². The fourth-order valence-electron chi connectivity index (χ4n) is 1.97. The van der Waals surface area contributed by atoms with E-state index in [1.807, 2.05) is 0 Å². The first-order valence-corrected chi connectivity index (χ1v) is 5.14. The Hall–Kier alpha value is -0.820. The molecule has 1 N–H and O–H groups in total. The van der Waals surface area contributed by atoms with Gasteiger partial charge in [0.15, 0.2) is 0 Å². The third kappa shape index (κ3) is 2.10. The molecule has 0 radical (unpaired) electrons. The number of hydrogen-bond acceptors (Lipinski definition) is 1. The van der Waals surface area contributed by atoms with Crippen LogP contribution in [0.2, 0.25) is 0 Å². The lowest BCUT2D eigenvalue weighted by molar-refractivity contribution is 0.333. The highest BCUT2D eigenvalue weighted by molar-refractivity contribution is 5.19. The van der Waals surface area contributed by atoms with Crippen LogP contribution in [0.3, 0.4) is 0 Å². The monoisotopic (exact) mass is 175 g/mol. The number of hydrogen-bond donors (Lipinski definition) is 1. The molecular formula is C12H17N. The van der Waals surface area contributed by atoms with Gasteiger partial charge in [-0.3, -0.25) is 0 Å². The van der Waals surface area contributed by atoms with Gasteiger partial charge in [0.1, 0.15) is 0 Å². The minimum absolute atomic E-state index is 0.595. The Morgan fingerprint density at radius 3 is 2.54 bits per heavy atom. The van der Waals surface area contributed by atoms with Crippen LogP contribution >= 0.6 is 0 Å². The summed E-state index contributed by atoms with van der Waals surface area (Å²) in [6.07, 6.45) is 2.64. The van der Waals surface area contributed by atoms with E-state index in [-0.39, 0.29) is 0 Å². The summed E-state index contributed by atoms with van der Waals surface area (Å²) in [5.74, 6) is 0.847. The SMILES string of the molecule is C[C@H]1CC[C@H](c2ccccc2)NC1. The quantitative estimate of drug-likeness (QED) is 0.692. The number of nitrogens with one attached hydrogen (secondary N) is 1. The molecule has 1 fully saturated rings. The van der Waals surface area contributed by atoms with Crippen molar-refractivity contribution < 1.29 is 0 Å². The van der Waals surface area contributed by atoms with Gasteiger partial charge >= 0.3 is 0 Å². The smallest absolute Gasteiger partial charge is 0.0320 e. The molecule has 70 valence electrons. The Morgan fingerprint density at radius 2 is 1.92 bits per heavy atom. The summed E-state index contributed by atoms with van der Waals surface area (Å²) in [4.78, 5) is 0. The van der Waals surface area contributed by atoms with Gasteiger partial charge in [0.25, 0.3) is 0 Å². The van der Waals surface area contributed by atoms with Crippen molar-refractivity contribution in [3.63, 3.8) is 0 Å². The van der Waals surface area contributed by atoms with Crippen LogP contribution in [0.4, 0.5) is 0 Å². The van der Waals surface area contributed by atoms with Crippen molar-refractivity contribution in [2.75, 3.05) is 6.54 Å². The van der Waals surface area contributed by atoms with Crippen molar-refractivity contribution >= 4 is 0 Å². The molecule has 1 aromatic rings. The molecule has 0 unspecified atom stereocenters. The lowest BCUT2D eigenvalue weighted by Gasteiger charge is -2.28. The van der Waals surface area contributed by atoms with E-state index in [2.05, 4.69) is 42.6 Å². The van der Waals surface area contributed by atoms with Crippen LogP contribution in [0, 0.1) is 5.92 Å². The summed E-state index contributed by atoms with van der Waals surface area (Å²) in [6, 6.07) is 11.3. The summed E-state index contributed by atoms with van der Waals surface area (Å²) >= 11 is 0. The van der Waals surface area contributed by atoms with E-state index in [1.54, 1.807) is 0 Å². The zero-order valence-electron chi connectivity index (χ0n) is 8.16. The molecular weight excluding hydrogens is 158 g/mol. The van der Waals surface area contributed by atoms with Crippen molar-refractivity contribution in [1.82, 2.24) is 5.32 Å². The molecule has 1 saturated heterocycles. The first-order chi connectivity index (χ1) is 6.36. The largest absolute Gasteiger partial charge is 0.310 e. The van der Waals surface area contributed by atoms with Gasteiger partial charge in [-0.1, -0.05) is 37.3 Å². The first-order valence-electron chi connectivity index (χ1n) is 5.14. The van der Waals surface area contributed by atoms with E-state index in [4.69, 9.17) is 0 Å². The van der Waals surface area contributed by atoms with Crippen molar-refractivity contribution in [1.29, 1.82) is 0 Å². The summed E-state index contributed by atoms with van der Waals surface area (Å²) in [7, 11) is 0. The Kier molecular flexibility index (Phi) is 2.65. The molecule has 0 aliphatic carbocycles. The van der Waals surface area contributed by atoms with Gasteiger partial charge in [-0.05, 0) is 30.9 Å². The Balaban J connectivity index is 2.03. The molecule has 0 aromatic heterocycles. The topological polar surface area (TPSA) is 12.0 Å². The summed E-state index contributed by atoms with van der Waals surface area (Å²) in [5, 5.41) is 3.59. The van der Waals surface area contributed by atoms with Gasteiger partial charge in [0, 0.05) is 6.04 Å². The van der Waals surface area contributed by atoms with E-state index in [9.17, 15) is 0 Å². The van der Waals surface area contributed by atoms with E-state index in [1.165, 1.54) is 24.9 Å². The van der Waals surface area contributed by atoms with Crippen LogP contribution in [0.15, 0.2) is 30.3 Å². The maximum Gasteiger partial charge on any atom is 0.0320 e. The summed E-state index contributed by atoms with van der Waals surface area (Å²) < 4.78 is 0. The molecule has 1 heterocycles. The van der Waals surface area contributed by atoms with E-state index in [0.29, 0.717) is 6.04 Å². The molecule has 0 spiro atoms. The second-order valence-electron chi connectivity index (χ2n) is 4.05. The number of piperidine rings is 1. The van der Waals surface area contributed by atoms with Crippen LogP contribution in [0.1, 0.15) is 31.4 Å². The molecule has 2 atom stereocenters. The van der Waals surface area contributed by atoms with Gasteiger partial charge in [-0.15, -0.1) is 0 Å². The fourth-order valence-corrected chi connectivity index (χ4v) is 1.97. The average Bonchev–Trinajstić information content (AvgIpc) is 2.20. The molecule has 2 rings (SSSR count). The maximum absolute atomic E-state index is 3.59. The Bertz CT molecular complexity index is 247. The highest BCUT2D eigenvalue weighted by atomic mass is 14.9. The van der Waals surface area contributed by atoms with Gasteiger partial charge in [0.2, 0.25) is 0 Å². The molecule has 0 amide bonds. The van der Waals surface area contributed by atoms with Crippen LogP contribution in [0.25, 0.3) is 0 Å². The molecule has 0 bridgehead atoms. The zero-order chi connectivity index (χ0) is 9.10. The molecule has 1 aromatic carbocycles. The van der Waals surface area contributed by atoms with Gasteiger partial charge < -0.3 is 5.32 Å². The predicted molar refractivity (Wildman–Crippen MR) is 55.6 cm³/mol. The molecule has 0 saturated carbocycles. The van der Waals surface area contributed by atoms with Gasteiger partial charge in [-0.25, -0.2) is 0 Å². The minimum Gasteiger partial charge on any atom is -0.310 e. The zero-order valence-corrected chi connectivity index (χ0v) is 8.16. The number of rotatable bonds is 1. The second kappa shape index (κ2) is 3.93. The van der Waals surface area contributed by atoms with Crippen LogP contribution in [-0.2, 0) is 0 Å². The predicted octanol–water partition coefficient (Wildman–Crippen LogP) is 2.75. The number of benzene rings is 1. The third-order valence-corrected chi connectivity index (χ3v) is 2.86. The van der Waals surface area contributed by atoms with Gasteiger partial charge in [0.05, 0.1) is 0 Å². The fraction of sp³-hybridized carbons (Fsp3) is 0.500. The van der Waals surface area contributed by atoms with Crippen molar-refractivity contribution in [2.45, 2.75) is 25.8 Å². The second-order valence-corrected chi connectivity index (χ2v) is 4.05. The molecule has 13 heavy (non-hydrogen) atoms. The summed E-state index contributed by atoms with van der Waals surface area (Å²) in [5.41, 5.74) is 1.44. The highest BCUT2D eigenvalue weighted by Gasteiger charge is 2.17. The normalized spacial score (nSPS) is 28.7. The molecule has 1 nitrogen and oxygen atoms in total. The minimum atomic E-state index is 0.595. The van der Waals surface area contributed by atoms with Crippen molar-refractivity contribution in [2.24, 2.45) is 5.92 Å². The van der Waals surface area contributed by atoms with Crippen molar-refractivity contribution in [3.05, 3.63) is 35.9 Å². The maximum atomic E-state index is 3.59. The third-order valence-electron chi connectivity index (χ3n) is 2.86. The Labute approximate surface area is 80.2 Å². The molecule has 1 aliphatic heterocycles. The van der Waals surface area contributed by atoms with Gasteiger partial charge in [-0.2, -0.15) is 0 Å². The van der Waals surface area contributed by atoms with Crippen molar-refractivity contribution in [3.8, 4) is 0 Å². The van der Waals surface area contributed by atoms with E-state index >= 15 is 0 Å². The molecule has 1 aliphatic rings.